The standard InChI is InChI=1S/C16H17ClN4O4S/c1-10-2-5-13(20-15(22)9-19-16(18)23)8-14(10)26(24,25)21-12-6-3-11(17)4-7-12/h2-8,21H,9H2,1H3,(H,20,22)(H3,18,19,23). The Bertz CT molecular complexity index is 930. The van der Waals surface area contributed by atoms with Gasteiger partial charge in [-0.05, 0) is 48.9 Å². The third-order valence-electron chi connectivity index (χ3n) is 3.28. The summed E-state index contributed by atoms with van der Waals surface area (Å²) in [7, 11) is -3.87. The summed E-state index contributed by atoms with van der Waals surface area (Å²) in [6, 6.07) is 9.82. The molecule has 0 unspecified atom stereocenters. The van der Waals surface area contributed by atoms with Gasteiger partial charge in [0.1, 0.15) is 0 Å². The van der Waals surface area contributed by atoms with Crippen molar-refractivity contribution in [3.63, 3.8) is 0 Å². The molecule has 2 rings (SSSR count). The molecule has 0 saturated heterocycles. The Hall–Kier alpha value is -2.78. The number of rotatable bonds is 6. The van der Waals surface area contributed by atoms with Crippen LogP contribution in [0.2, 0.25) is 5.02 Å². The molecule has 0 fully saturated rings. The predicted molar refractivity (Wildman–Crippen MR) is 99.7 cm³/mol. The minimum Gasteiger partial charge on any atom is -0.352 e. The van der Waals surface area contributed by atoms with E-state index in [0.29, 0.717) is 16.3 Å². The van der Waals surface area contributed by atoms with Crippen molar-refractivity contribution in [3.8, 4) is 0 Å². The van der Waals surface area contributed by atoms with E-state index < -0.39 is 22.0 Å². The highest BCUT2D eigenvalue weighted by atomic mass is 35.5. The third kappa shape index (κ3) is 5.36. The number of anilines is 2. The maximum atomic E-state index is 12.6. The first-order valence-corrected chi connectivity index (χ1v) is 9.26. The van der Waals surface area contributed by atoms with Crippen molar-refractivity contribution in [2.45, 2.75) is 11.8 Å². The number of primary amides is 1. The molecular formula is C16H17ClN4O4S. The van der Waals surface area contributed by atoms with E-state index in [-0.39, 0.29) is 17.1 Å². The molecule has 26 heavy (non-hydrogen) atoms. The van der Waals surface area contributed by atoms with Crippen molar-refractivity contribution < 1.29 is 18.0 Å². The summed E-state index contributed by atoms with van der Waals surface area (Å²) in [4.78, 5) is 22.4. The second-order valence-electron chi connectivity index (χ2n) is 5.36. The third-order valence-corrected chi connectivity index (χ3v) is 5.06. The Balaban J connectivity index is 2.21. The second kappa shape index (κ2) is 8.07. The molecule has 0 radical (unpaired) electrons. The molecule has 0 saturated carbocycles. The van der Waals surface area contributed by atoms with Gasteiger partial charge in [0.15, 0.2) is 0 Å². The molecular weight excluding hydrogens is 380 g/mol. The van der Waals surface area contributed by atoms with Gasteiger partial charge in [0.25, 0.3) is 10.0 Å². The lowest BCUT2D eigenvalue weighted by atomic mass is 10.2. The molecule has 0 heterocycles. The minimum atomic E-state index is -3.87. The molecule has 8 nitrogen and oxygen atoms in total. The molecule has 0 aliphatic rings. The fraction of sp³-hybridized carbons (Fsp3) is 0.125. The summed E-state index contributed by atoms with van der Waals surface area (Å²) in [5, 5.41) is 5.12. The molecule has 0 atom stereocenters. The molecule has 2 aromatic rings. The van der Waals surface area contributed by atoms with E-state index in [1.807, 2.05) is 0 Å². The van der Waals surface area contributed by atoms with Crippen LogP contribution in [-0.2, 0) is 14.8 Å². The molecule has 0 spiro atoms. The van der Waals surface area contributed by atoms with Crippen LogP contribution in [0.15, 0.2) is 47.4 Å². The maximum Gasteiger partial charge on any atom is 0.312 e. The first-order valence-electron chi connectivity index (χ1n) is 7.39. The van der Waals surface area contributed by atoms with Crippen molar-refractivity contribution in [3.05, 3.63) is 53.1 Å². The van der Waals surface area contributed by atoms with Crippen LogP contribution in [0.4, 0.5) is 16.2 Å². The Labute approximate surface area is 155 Å². The maximum absolute atomic E-state index is 12.6. The molecule has 0 aliphatic heterocycles. The van der Waals surface area contributed by atoms with Crippen molar-refractivity contribution in [2.75, 3.05) is 16.6 Å². The van der Waals surface area contributed by atoms with E-state index in [4.69, 9.17) is 17.3 Å². The second-order valence-corrected chi connectivity index (χ2v) is 7.45. The lowest BCUT2D eigenvalue weighted by Crippen LogP contribution is -2.36. The first kappa shape index (κ1) is 19.5. The van der Waals surface area contributed by atoms with Gasteiger partial charge in [0.05, 0.1) is 11.4 Å². The zero-order valence-electron chi connectivity index (χ0n) is 13.7. The first-order chi connectivity index (χ1) is 12.2. The molecule has 0 aliphatic carbocycles. The highest BCUT2D eigenvalue weighted by Crippen LogP contribution is 2.23. The van der Waals surface area contributed by atoms with Crippen LogP contribution >= 0.6 is 11.6 Å². The van der Waals surface area contributed by atoms with E-state index in [1.54, 1.807) is 31.2 Å². The van der Waals surface area contributed by atoms with Crippen LogP contribution in [0.3, 0.4) is 0 Å². The minimum absolute atomic E-state index is 0.00751. The topological polar surface area (TPSA) is 130 Å². The van der Waals surface area contributed by atoms with Crippen molar-refractivity contribution in [2.24, 2.45) is 5.73 Å². The number of sulfonamides is 1. The van der Waals surface area contributed by atoms with E-state index >= 15 is 0 Å². The number of aryl methyl sites for hydroxylation is 1. The predicted octanol–water partition coefficient (Wildman–Crippen LogP) is 2.06. The van der Waals surface area contributed by atoms with Gasteiger partial charge in [0, 0.05) is 16.4 Å². The van der Waals surface area contributed by atoms with Gasteiger partial charge in [-0.1, -0.05) is 17.7 Å². The van der Waals surface area contributed by atoms with Crippen molar-refractivity contribution >= 4 is 44.9 Å². The fourth-order valence-electron chi connectivity index (χ4n) is 2.07. The number of amides is 3. The largest absolute Gasteiger partial charge is 0.352 e. The molecule has 138 valence electrons. The summed E-state index contributed by atoms with van der Waals surface area (Å²) in [6.45, 7) is 1.31. The zero-order valence-corrected chi connectivity index (χ0v) is 15.3. The molecule has 3 amide bonds. The van der Waals surface area contributed by atoms with Crippen LogP contribution in [0.5, 0.6) is 0 Å². The van der Waals surface area contributed by atoms with Gasteiger partial charge in [0.2, 0.25) is 5.91 Å². The number of carbonyl (C=O) groups is 2. The van der Waals surface area contributed by atoms with Gasteiger partial charge < -0.3 is 16.4 Å². The van der Waals surface area contributed by atoms with Gasteiger partial charge >= 0.3 is 6.03 Å². The normalized spacial score (nSPS) is 10.8. The number of halogens is 1. The summed E-state index contributed by atoms with van der Waals surface area (Å²) in [6.07, 6.45) is 0. The highest BCUT2D eigenvalue weighted by Gasteiger charge is 2.18. The number of carbonyl (C=O) groups excluding carboxylic acids is 2. The zero-order chi connectivity index (χ0) is 19.3. The molecule has 5 N–H and O–H groups in total. The quantitative estimate of drug-likeness (QED) is 0.595. The number of nitrogens with two attached hydrogens (primary N) is 1. The summed E-state index contributed by atoms with van der Waals surface area (Å²) >= 11 is 5.79. The van der Waals surface area contributed by atoms with Crippen LogP contribution in [0, 0.1) is 6.92 Å². The van der Waals surface area contributed by atoms with Crippen molar-refractivity contribution in [1.82, 2.24) is 5.32 Å². The smallest absolute Gasteiger partial charge is 0.312 e. The number of hydrogen-bond acceptors (Lipinski definition) is 4. The summed E-state index contributed by atoms with van der Waals surface area (Å²) in [5.41, 5.74) is 6.01. The number of benzene rings is 2. The van der Waals surface area contributed by atoms with Crippen LogP contribution in [-0.4, -0.2) is 26.9 Å². The lowest BCUT2D eigenvalue weighted by Gasteiger charge is -2.13. The van der Waals surface area contributed by atoms with E-state index in [1.165, 1.54) is 18.2 Å². The number of urea groups is 1. The van der Waals surface area contributed by atoms with E-state index in [2.05, 4.69) is 15.4 Å². The van der Waals surface area contributed by atoms with Crippen LogP contribution < -0.4 is 21.1 Å². The monoisotopic (exact) mass is 396 g/mol. The molecule has 0 aromatic heterocycles. The molecule has 0 bridgehead atoms. The van der Waals surface area contributed by atoms with E-state index in [0.717, 1.165) is 0 Å². The average Bonchev–Trinajstić information content (AvgIpc) is 2.56. The van der Waals surface area contributed by atoms with Crippen LogP contribution in [0.25, 0.3) is 0 Å². The summed E-state index contributed by atoms with van der Waals surface area (Å²) in [5.74, 6) is -0.540. The van der Waals surface area contributed by atoms with Gasteiger partial charge in [-0.2, -0.15) is 0 Å². The Kier molecular flexibility index (Phi) is 6.06. The van der Waals surface area contributed by atoms with Gasteiger partial charge in [-0.3, -0.25) is 9.52 Å². The van der Waals surface area contributed by atoms with E-state index in [9.17, 15) is 18.0 Å². The molecule has 2 aromatic carbocycles. The average molecular weight is 397 g/mol. The van der Waals surface area contributed by atoms with Crippen molar-refractivity contribution in [1.29, 1.82) is 0 Å². The Morgan fingerprint density at radius 3 is 2.31 bits per heavy atom. The Morgan fingerprint density at radius 2 is 1.69 bits per heavy atom. The summed E-state index contributed by atoms with van der Waals surface area (Å²) < 4.78 is 27.7. The van der Waals surface area contributed by atoms with Gasteiger partial charge in [-0.25, -0.2) is 13.2 Å². The fourth-order valence-corrected chi connectivity index (χ4v) is 3.52. The number of hydrogen-bond donors (Lipinski definition) is 4. The SMILES string of the molecule is Cc1ccc(NC(=O)CNC(N)=O)cc1S(=O)(=O)Nc1ccc(Cl)cc1. The number of nitrogens with one attached hydrogen (secondary N) is 3. The highest BCUT2D eigenvalue weighted by molar-refractivity contribution is 7.92. The molecule has 10 heteroatoms. The van der Waals surface area contributed by atoms with Gasteiger partial charge in [-0.15, -0.1) is 0 Å². The Morgan fingerprint density at radius 1 is 1.08 bits per heavy atom. The van der Waals surface area contributed by atoms with Crippen LogP contribution in [0.1, 0.15) is 5.56 Å². The lowest BCUT2D eigenvalue weighted by molar-refractivity contribution is -0.115.